The molecule has 0 aromatic carbocycles. The van der Waals surface area contributed by atoms with Crippen LogP contribution in [0.3, 0.4) is 0 Å². The van der Waals surface area contributed by atoms with Gasteiger partial charge in [0.15, 0.2) is 0 Å². The number of hydrogen-bond donors (Lipinski definition) is 0. The molecule has 3 radical (unpaired) electrons. The van der Waals surface area contributed by atoms with Gasteiger partial charge in [0, 0.05) is 8.41 Å². The van der Waals surface area contributed by atoms with Crippen LogP contribution in [0.5, 0.6) is 0 Å². The molecular weight excluding hydrogens is 74.8 g/mol. The van der Waals surface area contributed by atoms with E-state index < -0.39 is 0 Å². The summed E-state index contributed by atoms with van der Waals surface area (Å²) in [4.78, 5) is 0. The first-order chi connectivity index (χ1) is 0. The lowest BCUT2D eigenvalue weighted by atomic mass is 10.8. The molecule has 0 aliphatic rings. The molecule has 0 aliphatic carbocycles. The third-order valence-electron chi connectivity index (χ3n) is 0. The average molecular weight is 82.9 g/mol. The van der Waals surface area contributed by atoms with Crippen molar-refractivity contribution in [1.82, 2.24) is 0 Å². The first kappa shape index (κ1) is 8280. The van der Waals surface area contributed by atoms with Gasteiger partial charge in [-0.1, -0.05) is 0 Å². The fraction of sp³-hybridized carbons (Fsp3) is 0. The van der Waals surface area contributed by atoms with Crippen LogP contribution in [0.1, 0.15) is 0 Å². The summed E-state index contributed by atoms with van der Waals surface area (Å²) in [5, 5.41) is 0. The Morgan fingerprint density at radius 3 is 0.400 bits per heavy atom. The molecule has 5 heteroatoms. The molecule has 0 atom stereocenters. The summed E-state index contributed by atoms with van der Waals surface area (Å²) in [6, 6.07) is 0. The molecule has 0 aliphatic heterocycles. The molecular formula is H8BO4. The van der Waals surface area contributed by atoms with Crippen LogP contribution in [0, 0.1) is 0 Å². The Labute approximate surface area is 31.6 Å². The highest BCUT2D eigenvalue weighted by molar-refractivity contribution is 5.75. The quantitative estimate of drug-likeness (QED) is 0.267. The molecule has 35 valence electrons. The standard InChI is InChI=1S/B.4H2O/h;4*1H2. The fourth-order valence-electron chi connectivity index (χ4n) is 0. The summed E-state index contributed by atoms with van der Waals surface area (Å²) in [7, 11) is 0. The fourth-order valence-corrected chi connectivity index (χ4v) is 0. The predicted octanol–water partition coefficient (Wildman–Crippen LogP) is -3.68. The SMILES string of the molecule is O.O.O.O.[B]. The van der Waals surface area contributed by atoms with Crippen molar-refractivity contribution in [3.05, 3.63) is 0 Å². The van der Waals surface area contributed by atoms with Crippen LogP contribution in [0.15, 0.2) is 0 Å². The highest BCUT2D eigenvalue weighted by Crippen LogP contribution is -0.286. The number of rotatable bonds is 0. The first-order valence-electron chi connectivity index (χ1n) is 0. The topological polar surface area (TPSA) is 126 Å². The molecule has 0 aromatic rings. The van der Waals surface area contributed by atoms with E-state index in [4.69, 9.17) is 0 Å². The maximum atomic E-state index is 0. The molecule has 0 aromatic heterocycles. The predicted molar refractivity (Wildman–Crippen MR) is 20.2 cm³/mol. The normalized spacial score (nSPS) is 0. The van der Waals surface area contributed by atoms with Gasteiger partial charge in [0.2, 0.25) is 0 Å². The van der Waals surface area contributed by atoms with Gasteiger partial charge < -0.3 is 21.9 Å². The maximum absolute atomic E-state index is 0. The van der Waals surface area contributed by atoms with Gasteiger partial charge in [0.1, 0.15) is 0 Å². The van der Waals surface area contributed by atoms with E-state index in [0.29, 0.717) is 0 Å². The van der Waals surface area contributed by atoms with E-state index in [1.165, 1.54) is 0 Å². The Morgan fingerprint density at radius 2 is 0.400 bits per heavy atom. The lowest BCUT2D eigenvalue weighted by molar-refractivity contribution is 0.823. The Hall–Kier alpha value is -0.0951. The molecule has 8 N–H and O–H groups in total. The van der Waals surface area contributed by atoms with Crippen molar-refractivity contribution < 1.29 is 21.9 Å². The van der Waals surface area contributed by atoms with Crippen LogP contribution in [-0.2, 0) is 0 Å². The maximum Gasteiger partial charge on any atom is 0 e. The Bertz CT molecular complexity index is 3.61. The zero-order valence-corrected chi connectivity index (χ0v) is 2.58. The zero-order chi connectivity index (χ0) is 0. The van der Waals surface area contributed by atoms with Gasteiger partial charge in [0.25, 0.3) is 0 Å². The molecule has 0 bridgehead atoms. The molecule has 0 saturated carbocycles. The van der Waals surface area contributed by atoms with E-state index in [-0.39, 0.29) is 30.3 Å². The van der Waals surface area contributed by atoms with Crippen LogP contribution < -0.4 is 0 Å². The molecule has 0 saturated heterocycles. The molecule has 0 amide bonds. The summed E-state index contributed by atoms with van der Waals surface area (Å²) in [6.07, 6.45) is 0. The lowest BCUT2D eigenvalue weighted by Gasteiger charge is -0.413. The summed E-state index contributed by atoms with van der Waals surface area (Å²) in [6.45, 7) is 0. The molecule has 0 heterocycles. The largest absolute Gasteiger partial charge is 0.412 e. The van der Waals surface area contributed by atoms with Gasteiger partial charge in [-0.15, -0.1) is 0 Å². The van der Waals surface area contributed by atoms with Crippen molar-refractivity contribution in [3.8, 4) is 0 Å². The molecule has 0 fully saturated rings. The summed E-state index contributed by atoms with van der Waals surface area (Å²) in [5.74, 6) is 0. The van der Waals surface area contributed by atoms with Crippen molar-refractivity contribution in [2.24, 2.45) is 0 Å². The van der Waals surface area contributed by atoms with Crippen LogP contribution in [0.2, 0.25) is 0 Å². The summed E-state index contributed by atoms with van der Waals surface area (Å²) >= 11 is 0. The van der Waals surface area contributed by atoms with E-state index in [1.807, 2.05) is 0 Å². The molecule has 0 unspecified atom stereocenters. The number of hydrogen-bond acceptors (Lipinski definition) is 0. The Morgan fingerprint density at radius 1 is 0.400 bits per heavy atom. The van der Waals surface area contributed by atoms with Gasteiger partial charge in [-0.2, -0.15) is 0 Å². The van der Waals surface area contributed by atoms with E-state index >= 15 is 0 Å². The first-order valence-corrected chi connectivity index (χ1v) is 0. The smallest absolute Gasteiger partial charge is 0 e. The minimum Gasteiger partial charge on any atom is -0.412 e. The van der Waals surface area contributed by atoms with Crippen LogP contribution in [0.25, 0.3) is 0 Å². The summed E-state index contributed by atoms with van der Waals surface area (Å²) < 4.78 is 0. The van der Waals surface area contributed by atoms with E-state index in [9.17, 15) is 0 Å². The van der Waals surface area contributed by atoms with Crippen molar-refractivity contribution in [2.75, 3.05) is 0 Å². The third-order valence-corrected chi connectivity index (χ3v) is 0. The Kier molecular flexibility index (Phi) is 6040000. The van der Waals surface area contributed by atoms with Crippen molar-refractivity contribution >= 4 is 8.41 Å². The minimum absolute atomic E-state index is 0. The highest BCUT2D eigenvalue weighted by atomic mass is 16.0. The summed E-state index contributed by atoms with van der Waals surface area (Å²) in [5.41, 5.74) is 0. The van der Waals surface area contributed by atoms with Crippen LogP contribution in [0.4, 0.5) is 0 Å². The molecule has 0 rings (SSSR count). The monoisotopic (exact) mass is 83.1 g/mol. The van der Waals surface area contributed by atoms with Gasteiger partial charge in [-0.25, -0.2) is 0 Å². The molecule has 0 spiro atoms. The van der Waals surface area contributed by atoms with Gasteiger partial charge in [-0.3, -0.25) is 0 Å². The second kappa shape index (κ2) is 3650. The molecule has 4 nitrogen and oxygen atoms in total. The van der Waals surface area contributed by atoms with E-state index in [0.717, 1.165) is 0 Å². The molecule has 5 heavy (non-hydrogen) atoms. The second-order valence-electron chi connectivity index (χ2n) is 0. The van der Waals surface area contributed by atoms with Crippen LogP contribution in [-0.4, -0.2) is 30.3 Å². The third kappa shape index (κ3) is 1570. The Balaban J connectivity index is 0. The highest BCUT2D eigenvalue weighted by Gasteiger charge is 0.00000979. The van der Waals surface area contributed by atoms with E-state index in [1.54, 1.807) is 0 Å². The van der Waals surface area contributed by atoms with Gasteiger partial charge >= 0.3 is 0 Å². The second-order valence-corrected chi connectivity index (χ2v) is 0. The lowest BCUT2D eigenvalue weighted by Crippen LogP contribution is -0.381. The van der Waals surface area contributed by atoms with Crippen molar-refractivity contribution in [2.45, 2.75) is 0 Å². The zero-order valence-electron chi connectivity index (χ0n) is 2.58. The average Bonchev–Trinajstić information content (AvgIpc) is 0. The minimum atomic E-state index is 0. The van der Waals surface area contributed by atoms with Crippen molar-refractivity contribution in [1.29, 1.82) is 0 Å². The van der Waals surface area contributed by atoms with Gasteiger partial charge in [-0.05, 0) is 0 Å². The van der Waals surface area contributed by atoms with E-state index in [2.05, 4.69) is 0 Å². The van der Waals surface area contributed by atoms with Gasteiger partial charge in [0.05, 0.1) is 0 Å². The van der Waals surface area contributed by atoms with Crippen LogP contribution >= 0.6 is 0 Å². The van der Waals surface area contributed by atoms with Crippen molar-refractivity contribution in [3.63, 3.8) is 0 Å².